The first kappa shape index (κ1) is 43.0. The van der Waals surface area contributed by atoms with Gasteiger partial charge in [0.15, 0.2) is 0 Å². The van der Waals surface area contributed by atoms with Crippen molar-refractivity contribution in [1.29, 1.82) is 0 Å². The molecule has 1 heterocycles. The molecule has 1 aromatic heterocycles. The van der Waals surface area contributed by atoms with Crippen molar-refractivity contribution in [2.24, 2.45) is 0 Å². The van der Waals surface area contributed by atoms with E-state index in [-0.39, 0.29) is 51.2 Å². The van der Waals surface area contributed by atoms with Crippen LogP contribution in [0.25, 0.3) is 11.3 Å². The fourth-order valence-electron chi connectivity index (χ4n) is 4.79. The van der Waals surface area contributed by atoms with Crippen LogP contribution in [0.3, 0.4) is 0 Å². The SMILES string of the molecule is CCCOCCOCCOCCn1cc(-c2ccc(CC(=O)NCC(O)CCC(CC[C@@](OCC)(OSC)C(=O)O)NC(=O)CO)cc2)nn1. The van der Waals surface area contributed by atoms with E-state index in [1.54, 1.807) is 17.9 Å². The number of carboxylic acids is 1. The van der Waals surface area contributed by atoms with Gasteiger partial charge in [0.2, 0.25) is 11.8 Å². The first-order valence-electron chi connectivity index (χ1n) is 16.8. The number of amides is 2. The molecule has 0 fully saturated rings. The Balaban J connectivity index is 1.75. The van der Waals surface area contributed by atoms with Crippen LogP contribution in [-0.4, -0.2) is 132 Å². The fraction of sp³-hybridized carbons (Fsp3) is 0.667. The Morgan fingerprint density at radius 2 is 1.64 bits per heavy atom. The number of aromatic nitrogens is 3. The van der Waals surface area contributed by atoms with Crippen LogP contribution in [0, 0.1) is 0 Å². The summed E-state index contributed by atoms with van der Waals surface area (Å²) in [5, 5.41) is 43.2. The number of carbonyl (C=O) groups excluding carboxylic acids is 2. The van der Waals surface area contributed by atoms with Crippen LogP contribution in [-0.2, 0) is 50.5 Å². The van der Waals surface area contributed by atoms with Gasteiger partial charge in [0.05, 0.1) is 58.3 Å². The standard InChI is InChI=1S/C33H53N5O11S/c1-4-15-45-17-19-47-20-18-46-16-14-38-23-29(36-37-38)26-8-6-25(7-9-26)21-30(41)34-22-28(40)11-10-27(35-31(42)24-39)12-13-33(32(43)44,48-5-2)49-50-3/h6-9,23,27-28,39-40H,4-5,10-22,24H2,1-3H3,(H,34,41)(H,35,42)(H,43,44)/t27?,28?,33-/m1/s1. The number of benzene rings is 1. The number of nitrogens with zero attached hydrogens (tertiary/aromatic N) is 3. The van der Waals surface area contributed by atoms with E-state index in [0.717, 1.165) is 36.2 Å². The van der Waals surface area contributed by atoms with Crippen molar-refractivity contribution in [2.45, 2.75) is 76.9 Å². The highest BCUT2D eigenvalue weighted by atomic mass is 32.2. The fourth-order valence-corrected chi connectivity index (χ4v) is 5.26. The Morgan fingerprint density at radius 1 is 0.960 bits per heavy atom. The van der Waals surface area contributed by atoms with Gasteiger partial charge in [0.1, 0.15) is 12.3 Å². The third-order valence-electron chi connectivity index (χ3n) is 7.35. The lowest BCUT2D eigenvalue weighted by molar-refractivity contribution is -0.209. The summed E-state index contributed by atoms with van der Waals surface area (Å²) in [5.74, 6) is -4.12. The molecule has 0 bridgehead atoms. The van der Waals surface area contributed by atoms with Gasteiger partial charge >= 0.3 is 5.97 Å². The van der Waals surface area contributed by atoms with E-state index in [1.165, 1.54) is 0 Å². The Kier molecular flexibility index (Phi) is 21.4. The maximum absolute atomic E-state index is 12.6. The van der Waals surface area contributed by atoms with Crippen LogP contribution < -0.4 is 10.6 Å². The maximum atomic E-state index is 12.6. The third-order valence-corrected chi connectivity index (χ3v) is 7.78. The number of nitrogens with one attached hydrogen (secondary N) is 2. The van der Waals surface area contributed by atoms with Crippen molar-refractivity contribution in [3.8, 4) is 11.3 Å². The lowest BCUT2D eigenvalue weighted by atomic mass is 9.99. The molecule has 0 spiro atoms. The van der Waals surface area contributed by atoms with Crippen molar-refractivity contribution >= 4 is 29.8 Å². The van der Waals surface area contributed by atoms with Crippen LogP contribution in [0.5, 0.6) is 0 Å². The topological polar surface area (TPSA) is 213 Å². The number of aliphatic hydroxyl groups excluding tert-OH is 2. The molecule has 2 amide bonds. The predicted octanol–water partition coefficient (Wildman–Crippen LogP) is 1.57. The number of rotatable bonds is 29. The smallest absolute Gasteiger partial charge is 0.365 e. The van der Waals surface area contributed by atoms with Crippen LogP contribution in [0.1, 0.15) is 51.5 Å². The van der Waals surface area contributed by atoms with Gasteiger partial charge in [-0.15, -0.1) is 5.10 Å². The quantitative estimate of drug-likeness (QED) is 0.0458. The van der Waals surface area contributed by atoms with Crippen molar-refractivity contribution in [3.63, 3.8) is 0 Å². The number of carboxylic acid groups (broad SMARTS) is 1. The summed E-state index contributed by atoms with van der Waals surface area (Å²) >= 11 is 0.853. The highest BCUT2D eigenvalue weighted by Gasteiger charge is 2.42. The molecule has 5 N–H and O–H groups in total. The number of carbonyl (C=O) groups is 3. The van der Waals surface area contributed by atoms with E-state index in [4.69, 9.17) is 23.1 Å². The van der Waals surface area contributed by atoms with Crippen molar-refractivity contribution in [1.82, 2.24) is 25.6 Å². The highest BCUT2D eigenvalue weighted by molar-refractivity contribution is 7.94. The summed E-state index contributed by atoms with van der Waals surface area (Å²) in [6, 6.07) is 6.80. The number of hydrogen-bond acceptors (Lipinski definition) is 13. The van der Waals surface area contributed by atoms with Crippen molar-refractivity contribution in [3.05, 3.63) is 36.0 Å². The molecule has 0 saturated heterocycles. The normalized spacial score (nSPS) is 13.8. The lowest BCUT2D eigenvalue weighted by Crippen LogP contribution is -2.45. The zero-order valence-corrected chi connectivity index (χ0v) is 30.0. The molecular formula is C33H53N5O11S. The van der Waals surface area contributed by atoms with Gasteiger partial charge in [-0.3, -0.25) is 13.8 Å². The van der Waals surface area contributed by atoms with Crippen LogP contribution in [0.15, 0.2) is 30.5 Å². The van der Waals surface area contributed by atoms with E-state index in [9.17, 15) is 29.7 Å². The molecule has 2 rings (SSSR count). The Morgan fingerprint density at radius 3 is 2.26 bits per heavy atom. The van der Waals surface area contributed by atoms with E-state index in [1.807, 2.05) is 30.5 Å². The van der Waals surface area contributed by atoms with Crippen LogP contribution >= 0.6 is 12.0 Å². The summed E-state index contributed by atoms with van der Waals surface area (Å²) < 4.78 is 28.8. The average Bonchev–Trinajstić information content (AvgIpc) is 3.58. The highest BCUT2D eigenvalue weighted by Crippen LogP contribution is 2.27. The molecule has 16 nitrogen and oxygen atoms in total. The molecule has 0 aliphatic rings. The zero-order chi connectivity index (χ0) is 36.6. The predicted molar refractivity (Wildman–Crippen MR) is 185 cm³/mol. The minimum atomic E-state index is -1.91. The van der Waals surface area contributed by atoms with Gasteiger partial charge in [-0.05, 0) is 50.2 Å². The third kappa shape index (κ3) is 16.7. The van der Waals surface area contributed by atoms with Crippen molar-refractivity contribution in [2.75, 3.05) is 65.7 Å². The van der Waals surface area contributed by atoms with E-state index in [0.29, 0.717) is 45.3 Å². The molecular weight excluding hydrogens is 674 g/mol. The van der Waals surface area contributed by atoms with Gasteiger partial charge in [0, 0.05) is 44.0 Å². The number of aliphatic carboxylic acids is 1. The first-order chi connectivity index (χ1) is 24.2. The Hall–Kier alpha value is -3.16. The van der Waals surface area contributed by atoms with Gasteiger partial charge in [-0.25, -0.2) is 9.48 Å². The van der Waals surface area contributed by atoms with Crippen LogP contribution in [0.4, 0.5) is 0 Å². The summed E-state index contributed by atoms with van der Waals surface area (Å²) in [4.78, 5) is 36.4. The van der Waals surface area contributed by atoms with Gasteiger partial charge in [-0.2, -0.15) is 0 Å². The molecule has 0 aliphatic carbocycles. The van der Waals surface area contributed by atoms with Crippen LogP contribution in [0.2, 0.25) is 0 Å². The number of aliphatic hydroxyl groups is 2. The largest absolute Gasteiger partial charge is 0.477 e. The number of ether oxygens (including phenoxy) is 4. The molecule has 0 aliphatic heterocycles. The summed E-state index contributed by atoms with van der Waals surface area (Å²) in [5.41, 5.74) is 2.31. The summed E-state index contributed by atoms with van der Waals surface area (Å²) in [7, 11) is 0. The maximum Gasteiger partial charge on any atom is 0.365 e. The van der Waals surface area contributed by atoms with Gasteiger partial charge in [-0.1, -0.05) is 36.4 Å². The van der Waals surface area contributed by atoms with Gasteiger partial charge in [0.25, 0.3) is 5.79 Å². The van der Waals surface area contributed by atoms with E-state index < -0.39 is 36.4 Å². The lowest BCUT2D eigenvalue weighted by Gasteiger charge is -2.29. The minimum absolute atomic E-state index is 0.0149. The molecule has 2 unspecified atom stereocenters. The second-order valence-corrected chi connectivity index (χ2v) is 11.8. The zero-order valence-electron chi connectivity index (χ0n) is 29.2. The Labute approximate surface area is 297 Å². The van der Waals surface area contributed by atoms with Crippen molar-refractivity contribution < 1.29 is 52.8 Å². The molecule has 17 heteroatoms. The Bertz CT molecular complexity index is 1240. The summed E-state index contributed by atoms with van der Waals surface area (Å²) in [6.07, 6.45) is 4.07. The second-order valence-electron chi connectivity index (χ2n) is 11.3. The second kappa shape index (κ2) is 24.9. The van der Waals surface area contributed by atoms with E-state index >= 15 is 0 Å². The molecule has 282 valence electrons. The first-order valence-corrected chi connectivity index (χ1v) is 18.0. The number of hydrogen-bond donors (Lipinski definition) is 5. The molecule has 3 atom stereocenters. The monoisotopic (exact) mass is 727 g/mol. The molecule has 2 aromatic rings. The van der Waals surface area contributed by atoms with E-state index in [2.05, 4.69) is 27.9 Å². The molecule has 0 radical (unpaired) electrons. The summed E-state index contributed by atoms with van der Waals surface area (Å²) in [6.45, 7) is 6.91. The average molecular weight is 728 g/mol. The van der Waals surface area contributed by atoms with Gasteiger partial charge < -0.3 is 44.9 Å². The molecule has 1 aromatic carbocycles. The molecule has 50 heavy (non-hydrogen) atoms. The minimum Gasteiger partial charge on any atom is -0.477 e. The molecule has 0 saturated carbocycles.